The Morgan fingerprint density at radius 3 is 2.48 bits per heavy atom. The van der Waals surface area contributed by atoms with E-state index in [4.69, 9.17) is 4.74 Å². The Balaban J connectivity index is 1.70. The van der Waals surface area contributed by atoms with Crippen LogP contribution in [0.4, 0.5) is 0 Å². The molecule has 3 fully saturated rings. The minimum absolute atomic E-state index is 0.0569. The van der Waals surface area contributed by atoms with E-state index in [0.29, 0.717) is 37.8 Å². The van der Waals surface area contributed by atoms with Crippen LogP contribution in [0.5, 0.6) is 0 Å². The fourth-order valence-electron chi connectivity index (χ4n) is 5.09. The average Bonchev–Trinajstić information content (AvgIpc) is 2.94. The molecule has 0 radical (unpaired) electrons. The highest BCUT2D eigenvalue weighted by Gasteiger charge is 2.65. The van der Waals surface area contributed by atoms with Gasteiger partial charge in [-0.25, -0.2) is 13.1 Å². The fourth-order valence-corrected chi connectivity index (χ4v) is 6.96. The highest BCUT2D eigenvalue weighted by molar-refractivity contribution is 7.89. The van der Waals surface area contributed by atoms with Crippen molar-refractivity contribution in [2.75, 3.05) is 18.9 Å². The Bertz CT molecular complexity index is 590. The van der Waals surface area contributed by atoms with Crippen LogP contribution in [0.3, 0.4) is 0 Å². The van der Waals surface area contributed by atoms with Gasteiger partial charge in [-0.3, -0.25) is 4.79 Å². The van der Waals surface area contributed by atoms with Gasteiger partial charge in [0, 0.05) is 30.9 Å². The Kier molecular flexibility index (Phi) is 4.17. The van der Waals surface area contributed by atoms with Crippen molar-refractivity contribution < 1.29 is 17.9 Å². The molecule has 0 aromatic carbocycles. The lowest BCUT2D eigenvalue weighted by Crippen LogP contribution is -2.46. The summed E-state index contributed by atoms with van der Waals surface area (Å²) in [7, 11) is -3.47. The summed E-state index contributed by atoms with van der Waals surface area (Å²) in [4.78, 5) is 12.5. The van der Waals surface area contributed by atoms with E-state index < -0.39 is 15.4 Å². The molecule has 132 valence electrons. The van der Waals surface area contributed by atoms with Crippen LogP contribution in [0.1, 0.15) is 47.0 Å². The number of carbonyl (C=O) groups is 1. The molecule has 0 aromatic rings. The first-order valence-electron chi connectivity index (χ1n) is 8.71. The van der Waals surface area contributed by atoms with E-state index in [-0.39, 0.29) is 29.0 Å². The molecule has 0 amide bonds. The van der Waals surface area contributed by atoms with Crippen molar-refractivity contribution in [3.63, 3.8) is 0 Å². The number of Topliss-reactive ketones (excluding diaryl/α,β-unsaturated/α-hetero) is 1. The molecule has 3 aliphatic rings. The van der Waals surface area contributed by atoms with E-state index in [1.165, 1.54) is 0 Å². The number of ether oxygens (including phenoxy) is 1. The molecule has 2 bridgehead atoms. The maximum atomic E-state index is 12.7. The first-order valence-corrected chi connectivity index (χ1v) is 10.4. The van der Waals surface area contributed by atoms with Crippen molar-refractivity contribution in [1.29, 1.82) is 0 Å². The molecule has 1 N–H and O–H groups in total. The molecule has 0 spiro atoms. The Morgan fingerprint density at radius 1 is 1.30 bits per heavy atom. The Hall–Kier alpha value is -0.460. The second kappa shape index (κ2) is 5.53. The van der Waals surface area contributed by atoms with Crippen LogP contribution in [-0.4, -0.2) is 39.2 Å². The molecular weight excluding hydrogens is 314 g/mol. The summed E-state index contributed by atoms with van der Waals surface area (Å²) in [6.07, 6.45) is 2.31. The van der Waals surface area contributed by atoms with Crippen molar-refractivity contribution >= 4 is 15.8 Å². The fraction of sp³-hybridized carbons (Fsp3) is 0.941. The van der Waals surface area contributed by atoms with E-state index >= 15 is 0 Å². The first kappa shape index (κ1) is 17.4. The molecule has 2 saturated carbocycles. The maximum Gasteiger partial charge on any atom is 0.212 e. The Morgan fingerprint density at radius 2 is 2.00 bits per heavy atom. The minimum Gasteiger partial charge on any atom is -0.378 e. The van der Waals surface area contributed by atoms with Crippen LogP contribution >= 0.6 is 0 Å². The van der Waals surface area contributed by atoms with Crippen LogP contribution in [0.2, 0.25) is 0 Å². The van der Waals surface area contributed by atoms with E-state index in [1.807, 2.05) is 6.92 Å². The summed E-state index contributed by atoms with van der Waals surface area (Å²) in [5.74, 6) is 0.985. The zero-order valence-corrected chi connectivity index (χ0v) is 15.4. The zero-order valence-electron chi connectivity index (χ0n) is 14.6. The van der Waals surface area contributed by atoms with Gasteiger partial charge < -0.3 is 4.74 Å². The molecule has 0 aromatic heterocycles. The molecule has 5 unspecified atom stereocenters. The lowest BCUT2D eigenvalue weighted by atomic mass is 9.70. The number of rotatable bonds is 5. The number of fused-ring (bicyclic) bond motifs is 2. The summed E-state index contributed by atoms with van der Waals surface area (Å²) in [5, 5.41) is 0. The molecular formula is C17H29NO4S. The number of sulfonamides is 1. The van der Waals surface area contributed by atoms with Crippen molar-refractivity contribution in [3.05, 3.63) is 0 Å². The normalized spacial score (nSPS) is 42.5. The molecule has 2 aliphatic carbocycles. The van der Waals surface area contributed by atoms with Gasteiger partial charge in [-0.2, -0.15) is 0 Å². The average molecular weight is 343 g/mol. The molecule has 1 heterocycles. The van der Waals surface area contributed by atoms with Crippen LogP contribution in [0, 0.1) is 28.6 Å². The number of hydrogen-bond donors (Lipinski definition) is 1. The number of hydrogen-bond acceptors (Lipinski definition) is 4. The smallest absolute Gasteiger partial charge is 0.212 e. The van der Waals surface area contributed by atoms with Gasteiger partial charge in [0.15, 0.2) is 0 Å². The van der Waals surface area contributed by atoms with Gasteiger partial charge in [-0.1, -0.05) is 20.8 Å². The first-order chi connectivity index (χ1) is 10.6. The van der Waals surface area contributed by atoms with Gasteiger partial charge in [-0.15, -0.1) is 0 Å². The topological polar surface area (TPSA) is 72.5 Å². The largest absolute Gasteiger partial charge is 0.378 e. The molecule has 6 heteroatoms. The third-order valence-electron chi connectivity index (χ3n) is 7.07. The zero-order chi connectivity index (χ0) is 17.0. The summed E-state index contributed by atoms with van der Waals surface area (Å²) in [5.41, 5.74) is -0.900. The highest BCUT2D eigenvalue weighted by atomic mass is 32.2. The third kappa shape index (κ3) is 2.67. The molecule has 1 saturated heterocycles. The summed E-state index contributed by atoms with van der Waals surface area (Å²) in [6.45, 7) is 9.31. The van der Waals surface area contributed by atoms with E-state index in [9.17, 15) is 13.2 Å². The number of ketones is 1. The van der Waals surface area contributed by atoms with Gasteiger partial charge in [0.2, 0.25) is 10.0 Å². The monoisotopic (exact) mass is 343 g/mol. The van der Waals surface area contributed by atoms with Crippen LogP contribution in [0.25, 0.3) is 0 Å². The summed E-state index contributed by atoms with van der Waals surface area (Å²) in [6, 6.07) is 0. The molecule has 5 atom stereocenters. The van der Waals surface area contributed by atoms with Crippen LogP contribution in [-0.2, 0) is 19.6 Å². The van der Waals surface area contributed by atoms with Gasteiger partial charge in [-0.05, 0) is 37.0 Å². The summed E-state index contributed by atoms with van der Waals surface area (Å²) >= 11 is 0. The van der Waals surface area contributed by atoms with Gasteiger partial charge in [0.1, 0.15) is 5.78 Å². The minimum atomic E-state index is -3.47. The van der Waals surface area contributed by atoms with E-state index in [1.54, 1.807) is 0 Å². The Labute approximate surface area is 139 Å². The van der Waals surface area contributed by atoms with Crippen LogP contribution in [0.15, 0.2) is 0 Å². The van der Waals surface area contributed by atoms with Crippen molar-refractivity contribution in [2.45, 2.75) is 53.1 Å². The van der Waals surface area contributed by atoms with Gasteiger partial charge >= 0.3 is 0 Å². The lowest BCUT2D eigenvalue weighted by Gasteiger charge is -2.36. The standard InChI is InChI=1S/C17H29NO4S/c1-11-9-22-12(2)14(11)8-18-23(20,21)10-17-6-5-13(7-15(17)19)16(17,3)4/h11-14,18H,5-10H2,1-4H3. The van der Waals surface area contributed by atoms with Gasteiger partial charge in [0.25, 0.3) is 0 Å². The molecule has 5 nitrogen and oxygen atoms in total. The predicted molar refractivity (Wildman–Crippen MR) is 88.4 cm³/mol. The third-order valence-corrected chi connectivity index (χ3v) is 8.55. The number of nitrogens with one attached hydrogen (secondary N) is 1. The van der Waals surface area contributed by atoms with Crippen molar-refractivity contribution in [2.24, 2.45) is 28.6 Å². The highest BCUT2D eigenvalue weighted by Crippen LogP contribution is 2.64. The lowest BCUT2D eigenvalue weighted by molar-refractivity contribution is -0.128. The maximum absolute atomic E-state index is 12.7. The van der Waals surface area contributed by atoms with Crippen LogP contribution < -0.4 is 4.72 Å². The molecule has 23 heavy (non-hydrogen) atoms. The molecule has 1 aliphatic heterocycles. The second-order valence-electron chi connectivity index (χ2n) is 8.45. The van der Waals surface area contributed by atoms with Crippen molar-refractivity contribution in [3.8, 4) is 0 Å². The van der Waals surface area contributed by atoms with E-state index in [2.05, 4.69) is 25.5 Å². The SMILES string of the molecule is CC1COC(C)C1CNS(=O)(=O)CC12CCC(CC1=O)C2(C)C. The second-order valence-corrected chi connectivity index (χ2v) is 10.3. The number of carbonyl (C=O) groups excluding carboxylic acids is 1. The summed E-state index contributed by atoms with van der Waals surface area (Å²) < 4.78 is 33.7. The predicted octanol–water partition coefficient (Wildman–Crippen LogP) is 1.97. The molecule has 3 rings (SSSR count). The van der Waals surface area contributed by atoms with Gasteiger partial charge in [0.05, 0.1) is 11.9 Å². The quantitative estimate of drug-likeness (QED) is 0.828. The van der Waals surface area contributed by atoms with E-state index in [0.717, 1.165) is 6.42 Å². The van der Waals surface area contributed by atoms with Crippen molar-refractivity contribution in [1.82, 2.24) is 4.72 Å².